The third-order valence-electron chi connectivity index (χ3n) is 3.02. The van der Waals surface area contributed by atoms with Crippen molar-refractivity contribution in [2.75, 3.05) is 6.54 Å². The molecule has 0 amide bonds. The molecule has 21 heavy (non-hydrogen) atoms. The van der Waals surface area contributed by atoms with E-state index in [1.807, 2.05) is 6.92 Å². The van der Waals surface area contributed by atoms with E-state index in [1.54, 1.807) is 0 Å². The Morgan fingerprint density at radius 1 is 0.905 bits per heavy atom. The predicted octanol–water partition coefficient (Wildman–Crippen LogP) is 3.25. The van der Waals surface area contributed by atoms with E-state index < -0.39 is 35.7 Å². The maximum Gasteiger partial charge on any atom is 0.115 e. The number of nitrogens with one attached hydrogen (secondary N) is 1. The number of rotatable bonds is 7. The molecule has 0 saturated heterocycles. The van der Waals surface area contributed by atoms with E-state index in [2.05, 4.69) is 5.32 Å². The first kappa shape index (κ1) is 7.85. The molecule has 0 heterocycles. The monoisotopic (exact) mass is 293 g/mol. The molecule has 0 aliphatic rings. The molecule has 3 heteroatoms. The van der Waals surface area contributed by atoms with E-state index in [0.29, 0.717) is 13.0 Å². The molecule has 0 aliphatic carbocycles. The van der Waals surface area contributed by atoms with Gasteiger partial charge in [-0.15, -0.1) is 0 Å². The molecule has 0 spiro atoms. The molecule has 0 aliphatic heterocycles. The fraction of sp³-hybridized carbons (Fsp3) is 0.333. The highest BCUT2D eigenvalue weighted by Gasteiger charge is 2.02. The molecular weight excluding hydrogens is 262 g/mol. The van der Waals surface area contributed by atoms with Crippen LogP contribution in [0.2, 0.25) is 0 Å². The van der Waals surface area contributed by atoms with Crippen molar-refractivity contribution in [3.63, 3.8) is 0 Å². The summed E-state index contributed by atoms with van der Waals surface area (Å²) in [5.41, 5.74) is 0.431. The molecule has 2 aromatic rings. The van der Waals surface area contributed by atoms with Crippen molar-refractivity contribution in [3.05, 3.63) is 59.5 Å². The predicted molar refractivity (Wildman–Crippen MR) is 85.7 cm³/mol. The Hall–Kier alpha value is -2.00. The minimum atomic E-state index is -0.668. The lowest BCUT2D eigenvalue weighted by atomic mass is 10.1. The maximum atomic E-state index is 9.59. The summed E-state index contributed by atoms with van der Waals surface area (Å²) in [5.74, 6) is -1.33. The van der Waals surface area contributed by atoms with Gasteiger partial charge in [-0.1, -0.05) is 24.2 Å². The SMILES string of the molecule is [2H]c1c([2H])c(CCNC(C)CCc2c([2H])c([2H])c(O)c([2H])c2[2H])c([2H])c([2H])c1O. The van der Waals surface area contributed by atoms with Crippen LogP contribution in [0.4, 0.5) is 0 Å². The summed E-state index contributed by atoms with van der Waals surface area (Å²) >= 11 is 0. The highest BCUT2D eigenvalue weighted by Crippen LogP contribution is 2.12. The van der Waals surface area contributed by atoms with Crippen LogP contribution in [0.15, 0.2) is 48.3 Å². The Bertz CT molecular complexity index is 877. The average molecular weight is 293 g/mol. The highest BCUT2D eigenvalue weighted by molar-refractivity contribution is 5.26. The van der Waals surface area contributed by atoms with Crippen LogP contribution in [0, 0.1) is 0 Å². The van der Waals surface area contributed by atoms with Crippen LogP contribution < -0.4 is 5.32 Å². The molecule has 112 valence electrons. The fourth-order valence-electron chi connectivity index (χ4n) is 1.82. The van der Waals surface area contributed by atoms with Crippen LogP contribution in [0.3, 0.4) is 0 Å². The summed E-state index contributed by atoms with van der Waals surface area (Å²) in [5, 5.41) is 22.3. The van der Waals surface area contributed by atoms with E-state index in [9.17, 15) is 10.2 Å². The standard InChI is InChI=1S/C18H23NO2/c1-14(2-3-15-4-8-17(20)9-5-15)19-13-12-16-6-10-18(21)11-7-16/h4-11,14,19-21H,2-3,12-13H2,1H3/i4D,5D,6D,7D,8D,9D,10D,11D. The van der Waals surface area contributed by atoms with Gasteiger partial charge in [0.1, 0.15) is 11.5 Å². The zero-order valence-corrected chi connectivity index (χ0v) is 11.8. The van der Waals surface area contributed by atoms with Crippen molar-refractivity contribution >= 4 is 0 Å². The Morgan fingerprint density at radius 2 is 1.38 bits per heavy atom. The van der Waals surface area contributed by atoms with Gasteiger partial charge in [-0.2, -0.15) is 0 Å². The van der Waals surface area contributed by atoms with Gasteiger partial charge in [-0.25, -0.2) is 0 Å². The van der Waals surface area contributed by atoms with Gasteiger partial charge in [-0.05, 0) is 68.0 Å². The van der Waals surface area contributed by atoms with Gasteiger partial charge in [0, 0.05) is 6.04 Å². The van der Waals surface area contributed by atoms with Gasteiger partial charge in [0.2, 0.25) is 0 Å². The number of hydrogen-bond acceptors (Lipinski definition) is 3. The lowest BCUT2D eigenvalue weighted by Gasteiger charge is -2.14. The molecule has 3 N–H and O–H groups in total. The van der Waals surface area contributed by atoms with E-state index in [0.717, 1.165) is 0 Å². The second kappa shape index (κ2) is 7.70. The topological polar surface area (TPSA) is 52.5 Å². The molecule has 2 rings (SSSR count). The van der Waals surface area contributed by atoms with Crippen LogP contribution in [-0.2, 0) is 12.8 Å². The summed E-state index contributed by atoms with van der Waals surface area (Å²) in [7, 11) is 0. The second-order valence-electron chi connectivity index (χ2n) is 4.80. The second-order valence-corrected chi connectivity index (χ2v) is 4.80. The molecular formula is C18H23NO2. The van der Waals surface area contributed by atoms with Gasteiger partial charge in [0.15, 0.2) is 0 Å². The highest BCUT2D eigenvalue weighted by atomic mass is 16.3. The average Bonchev–Trinajstić information content (AvgIpc) is 2.70. The third-order valence-corrected chi connectivity index (χ3v) is 3.02. The van der Waals surface area contributed by atoms with Gasteiger partial charge < -0.3 is 15.5 Å². The number of phenolic OH excluding ortho intramolecular Hbond substituents is 2. The van der Waals surface area contributed by atoms with Crippen molar-refractivity contribution in [3.8, 4) is 11.5 Å². The molecule has 0 bridgehead atoms. The van der Waals surface area contributed by atoms with Crippen molar-refractivity contribution in [2.24, 2.45) is 0 Å². The van der Waals surface area contributed by atoms with Gasteiger partial charge in [0.25, 0.3) is 0 Å². The van der Waals surface area contributed by atoms with E-state index >= 15 is 0 Å². The van der Waals surface area contributed by atoms with Crippen LogP contribution in [0.1, 0.15) is 35.4 Å². The zero-order chi connectivity index (χ0) is 22.0. The van der Waals surface area contributed by atoms with E-state index in [-0.39, 0.29) is 54.2 Å². The summed E-state index contributed by atoms with van der Waals surface area (Å²) in [6.07, 6.45) is 0.983. The van der Waals surface area contributed by atoms with Crippen LogP contribution in [-0.4, -0.2) is 22.8 Å². The molecule has 1 unspecified atom stereocenters. The Morgan fingerprint density at radius 3 is 1.90 bits per heavy atom. The van der Waals surface area contributed by atoms with E-state index in [1.165, 1.54) is 0 Å². The molecule has 3 nitrogen and oxygen atoms in total. The molecule has 0 radical (unpaired) electrons. The Balaban J connectivity index is 2.00. The zero-order valence-electron chi connectivity index (χ0n) is 19.8. The quantitative estimate of drug-likeness (QED) is 0.734. The number of benzene rings is 2. The number of hydrogen-bond donors (Lipinski definition) is 3. The number of aromatic hydroxyl groups is 2. The largest absolute Gasteiger partial charge is 0.508 e. The first-order valence-corrected chi connectivity index (χ1v) is 6.78. The van der Waals surface area contributed by atoms with Crippen LogP contribution in [0.5, 0.6) is 11.5 Å². The minimum absolute atomic E-state index is 0.0857. The molecule has 1 atom stereocenters. The van der Waals surface area contributed by atoms with Crippen molar-refractivity contribution in [1.82, 2.24) is 5.32 Å². The number of phenols is 2. The summed E-state index contributed by atoms with van der Waals surface area (Å²) in [4.78, 5) is 0. The summed E-state index contributed by atoms with van der Waals surface area (Å²) in [6.45, 7) is 2.22. The first-order chi connectivity index (χ1) is 13.5. The molecule has 0 saturated carbocycles. The maximum absolute atomic E-state index is 9.59. The fourth-order valence-corrected chi connectivity index (χ4v) is 1.82. The minimum Gasteiger partial charge on any atom is -0.508 e. The first-order valence-electron chi connectivity index (χ1n) is 10.8. The lowest BCUT2D eigenvalue weighted by Crippen LogP contribution is -2.28. The van der Waals surface area contributed by atoms with Crippen molar-refractivity contribution < 1.29 is 21.2 Å². The molecule has 0 aromatic heterocycles. The Kier molecular flexibility index (Phi) is 2.88. The van der Waals surface area contributed by atoms with Crippen LogP contribution in [0.25, 0.3) is 0 Å². The van der Waals surface area contributed by atoms with E-state index in [4.69, 9.17) is 11.0 Å². The van der Waals surface area contributed by atoms with Crippen LogP contribution >= 0.6 is 0 Å². The molecule has 0 fully saturated rings. The Labute approximate surface area is 137 Å². The lowest BCUT2D eigenvalue weighted by molar-refractivity contribution is 0.474. The normalized spacial score (nSPS) is 17.6. The third kappa shape index (κ3) is 5.48. The van der Waals surface area contributed by atoms with Crippen molar-refractivity contribution in [2.45, 2.75) is 32.2 Å². The molecule has 2 aromatic carbocycles. The summed E-state index contributed by atoms with van der Waals surface area (Å²) < 4.78 is 62.2. The van der Waals surface area contributed by atoms with Crippen molar-refractivity contribution in [1.29, 1.82) is 0 Å². The van der Waals surface area contributed by atoms with Gasteiger partial charge >= 0.3 is 0 Å². The van der Waals surface area contributed by atoms with Gasteiger partial charge in [-0.3, -0.25) is 0 Å². The smallest absolute Gasteiger partial charge is 0.115 e. The summed E-state index contributed by atoms with van der Waals surface area (Å²) in [6, 6.07) is -3.01. The van der Waals surface area contributed by atoms with Gasteiger partial charge in [0.05, 0.1) is 11.0 Å².